The molecule has 1 N–H and O–H groups in total. The third-order valence-electron chi connectivity index (χ3n) is 4.03. The lowest BCUT2D eigenvalue weighted by atomic mass is 9.97. The van der Waals surface area contributed by atoms with Gasteiger partial charge in [-0.3, -0.25) is 14.5 Å². The van der Waals surface area contributed by atoms with Gasteiger partial charge in [-0.25, -0.2) is 0 Å². The minimum Gasteiger partial charge on any atom is -0.319 e. The van der Waals surface area contributed by atoms with Gasteiger partial charge in [-0.05, 0) is 42.2 Å². The molecule has 0 bridgehead atoms. The highest BCUT2D eigenvalue weighted by Crippen LogP contribution is 2.18. The molecule has 2 aromatic heterocycles. The molecule has 5 nitrogen and oxygen atoms in total. The van der Waals surface area contributed by atoms with Crippen LogP contribution < -0.4 is 5.32 Å². The van der Waals surface area contributed by atoms with Crippen LogP contribution in [0.3, 0.4) is 0 Å². The van der Waals surface area contributed by atoms with E-state index in [0.717, 1.165) is 23.2 Å². The second kappa shape index (κ2) is 8.10. The van der Waals surface area contributed by atoms with Crippen molar-refractivity contribution in [3.63, 3.8) is 0 Å². The predicted molar refractivity (Wildman–Crippen MR) is 111 cm³/mol. The van der Waals surface area contributed by atoms with Crippen molar-refractivity contribution in [2.45, 2.75) is 34.2 Å². The summed E-state index contributed by atoms with van der Waals surface area (Å²) in [5.41, 5.74) is 4.03. The molecule has 0 fully saturated rings. The van der Waals surface area contributed by atoms with Crippen molar-refractivity contribution in [3.05, 3.63) is 77.4 Å². The maximum absolute atomic E-state index is 12.6. The second-order valence-electron chi connectivity index (χ2n) is 7.96. The van der Waals surface area contributed by atoms with Crippen LogP contribution in [0.1, 0.15) is 47.8 Å². The predicted octanol–water partition coefficient (Wildman–Crippen LogP) is 4.28. The van der Waals surface area contributed by atoms with E-state index in [-0.39, 0.29) is 11.3 Å². The Morgan fingerprint density at radius 2 is 2.00 bits per heavy atom. The molecule has 0 saturated carbocycles. The first-order chi connectivity index (χ1) is 13.3. The Labute approximate surface area is 165 Å². The van der Waals surface area contributed by atoms with Crippen LogP contribution in [0.5, 0.6) is 0 Å². The van der Waals surface area contributed by atoms with E-state index in [0.29, 0.717) is 11.3 Å². The molecule has 0 aliphatic rings. The summed E-state index contributed by atoms with van der Waals surface area (Å²) in [5, 5.41) is 7.22. The number of benzene rings is 1. The van der Waals surface area contributed by atoms with Crippen molar-refractivity contribution in [1.82, 2.24) is 14.8 Å². The van der Waals surface area contributed by atoms with Crippen LogP contribution in [0.2, 0.25) is 0 Å². The number of carbonyl (C=O) groups excluding carboxylic acids is 1. The normalized spacial score (nSPS) is 10.9. The van der Waals surface area contributed by atoms with Crippen molar-refractivity contribution >= 4 is 11.6 Å². The number of amides is 1. The molecule has 0 saturated heterocycles. The Balaban J connectivity index is 1.75. The molecular weight excluding hydrogens is 348 g/mol. The molecule has 3 rings (SSSR count). The lowest BCUT2D eigenvalue weighted by Gasteiger charge is -2.17. The number of aryl methyl sites for hydroxylation is 1. The highest BCUT2D eigenvalue weighted by atomic mass is 16.1. The SMILES string of the molecule is Cc1ccc(C(=O)Nc2cnn(CC(C)(C)C)c2)cc1C#Cc1cccnc1. The number of rotatable bonds is 3. The zero-order valence-corrected chi connectivity index (χ0v) is 16.7. The molecule has 28 heavy (non-hydrogen) atoms. The summed E-state index contributed by atoms with van der Waals surface area (Å²) in [7, 11) is 0. The average molecular weight is 372 g/mol. The lowest BCUT2D eigenvalue weighted by molar-refractivity contribution is 0.102. The molecule has 0 aliphatic carbocycles. The van der Waals surface area contributed by atoms with E-state index < -0.39 is 0 Å². The first-order valence-electron chi connectivity index (χ1n) is 9.17. The molecule has 142 valence electrons. The maximum atomic E-state index is 12.6. The summed E-state index contributed by atoms with van der Waals surface area (Å²) in [6.07, 6.45) is 6.95. The van der Waals surface area contributed by atoms with Gasteiger partial charge in [0.2, 0.25) is 0 Å². The first kappa shape index (κ1) is 19.4. The summed E-state index contributed by atoms with van der Waals surface area (Å²) in [6, 6.07) is 9.28. The van der Waals surface area contributed by atoms with Gasteiger partial charge in [-0.2, -0.15) is 5.10 Å². The number of pyridine rings is 1. The minimum absolute atomic E-state index is 0.117. The van der Waals surface area contributed by atoms with Crippen molar-refractivity contribution in [2.24, 2.45) is 5.41 Å². The van der Waals surface area contributed by atoms with E-state index in [1.54, 1.807) is 24.7 Å². The molecule has 1 amide bonds. The molecule has 0 radical (unpaired) electrons. The third kappa shape index (κ3) is 5.31. The van der Waals surface area contributed by atoms with Crippen LogP contribution >= 0.6 is 0 Å². The van der Waals surface area contributed by atoms with E-state index in [1.807, 2.05) is 42.1 Å². The van der Waals surface area contributed by atoms with Crippen molar-refractivity contribution < 1.29 is 4.79 Å². The van der Waals surface area contributed by atoms with Gasteiger partial charge in [0, 0.05) is 41.8 Å². The maximum Gasteiger partial charge on any atom is 0.255 e. The Bertz CT molecular complexity index is 1030. The summed E-state index contributed by atoms with van der Waals surface area (Å²) in [6.45, 7) is 9.20. The van der Waals surface area contributed by atoms with E-state index in [4.69, 9.17) is 0 Å². The number of aromatic nitrogens is 3. The summed E-state index contributed by atoms with van der Waals surface area (Å²) >= 11 is 0. The van der Waals surface area contributed by atoms with Gasteiger partial charge in [-0.15, -0.1) is 0 Å². The van der Waals surface area contributed by atoms with Crippen LogP contribution in [0.15, 0.2) is 55.1 Å². The highest BCUT2D eigenvalue weighted by Gasteiger charge is 2.13. The molecule has 3 aromatic rings. The quantitative estimate of drug-likeness (QED) is 0.698. The van der Waals surface area contributed by atoms with Crippen LogP contribution in [0.25, 0.3) is 0 Å². The smallest absolute Gasteiger partial charge is 0.255 e. The van der Waals surface area contributed by atoms with Crippen LogP contribution in [-0.4, -0.2) is 20.7 Å². The van der Waals surface area contributed by atoms with Crippen LogP contribution in [0, 0.1) is 24.2 Å². The number of carbonyl (C=O) groups is 1. The molecule has 2 heterocycles. The molecule has 1 aromatic carbocycles. The zero-order chi connectivity index (χ0) is 20.1. The number of nitrogens with zero attached hydrogens (tertiary/aromatic N) is 3. The molecule has 5 heteroatoms. The zero-order valence-electron chi connectivity index (χ0n) is 16.7. The van der Waals surface area contributed by atoms with Crippen molar-refractivity contribution in [3.8, 4) is 11.8 Å². The first-order valence-corrected chi connectivity index (χ1v) is 9.17. The van der Waals surface area contributed by atoms with Gasteiger partial charge in [0.05, 0.1) is 11.9 Å². The number of anilines is 1. The standard InChI is InChI=1S/C23H24N4O/c1-17-7-9-20(12-19(17)10-8-18-6-5-11-24-13-18)22(28)26-21-14-25-27(15-21)16-23(2,3)4/h5-7,9,11-15H,16H2,1-4H3,(H,26,28). The Morgan fingerprint density at radius 3 is 2.71 bits per heavy atom. The van der Waals surface area contributed by atoms with Crippen LogP contribution in [0.4, 0.5) is 5.69 Å². The second-order valence-corrected chi connectivity index (χ2v) is 7.96. The topological polar surface area (TPSA) is 59.8 Å². The monoisotopic (exact) mass is 372 g/mol. The highest BCUT2D eigenvalue weighted by molar-refractivity contribution is 6.04. The van der Waals surface area contributed by atoms with Gasteiger partial charge in [0.1, 0.15) is 0 Å². The van der Waals surface area contributed by atoms with E-state index in [1.165, 1.54) is 0 Å². The summed E-state index contributed by atoms with van der Waals surface area (Å²) in [5.74, 6) is 6.04. The van der Waals surface area contributed by atoms with Gasteiger partial charge < -0.3 is 5.32 Å². The van der Waals surface area contributed by atoms with Crippen LogP contribution in [-0.2, 0) is 6.54 Å². The molecular formula is C23H24N4O. The Kier molecular flexibility index (Phi) is 5.60. The summed E-state index contributed by atoms with van der Waals surface area (Å²) in [4.78, 5) is 16.7. The number of hydrogen-bond acceptors (Lipinski definition) is 3. The lowest BCUT2D eigenvalue weighted by Crippen LogP contribution is -2.16. The molecule has 0 aliphatic heterocycles. The van der Waals surface area contributed by atoms with E-state index in [9.17, 15) is 4.79 Å². The Hall–Kier alpha value is -3.39. The fourth-order valence-electron chi connectivity index (χ4n) is 2.68. The van der Waals surface area contributed by atoms with Crippen molar-refractivity contribution in [1.29, 1.82) is 0 Å². The van der Waals surface area contributed by atoms with Gasteiger partial charge in [0.25, 0.3) is 5.91 Å². The fourth-order valence-corrected chi connectivity index (χ4v) is 2.68. The fraction of sp³-hybridized carbons (Fsp3) is 0.261. The number of hydrogen-bond donors (Lipinski definition) is 1. The summed E-state index contributed by atoms with van der Waals surface area (Å²) < 4.78 is 1.84. The molecule has 0 spiro atoms. The minimum atomic E-state index is -0.181. The van der Waals surface area contributed by atoms with Gasteiger partial charge in [0.15, 0.2) is 0 Å². The average Bonchev–Trinajstić information content (AvgIpc) is 3.06. The van der Waals surface area contributed by atoms with Gasteiger partial charge >= 0.3 is 0 Å². The largest absolute Gasteiger partial charge is 0.319 e. The Morgan fingerprint density at radius 1 is 1.18 bits per heavy atom. The molecule has 0 atom stereocenters. The van der Waals surface area contributed by atoms with E-state index in [2.05, 4.69) is 48.0 Å². The van der Waals surface area contributed by atoms with Gasteiger partial charge in [-0.1, -0.05) is 38.7 Å². The van der Waals surface area contributed by atoms with Crippen molar-refractivity contribution in [2.75, 3.05) is 5.32 Å². The third-order valence-corrected chi connectivity index (χ3v) is 4.03. The molecule has 0 unspecified atom stereocenters. The number of nitrogens with one attached hydrogen (secondary N) is 1. The van der Waals surface area contributed by atoms with E-state index >= 15 is 0 Å².